The van der Waals surface area contributed by atoms with Crippen molar-refractivity contribution in [1.29, 1.82) is 0 Å². The summed E-state index contributed by atoms with van der Waals surface area (Å²) in [4.78, 5) is 16.7. The maximum atomic E-state index is 12.7. The van der Waals surface area contributed by atoms with Crippen molar-refractivity contribution >= 4 is 17.4 Å². The third-order valence-electron chi connectivity index (χ3n) is 4.18. The Morgan fingerprint density at radius 1 is 1.21 bits per heavy atom. The van der Waals surface area contributed by atoms with Crippen molar-refractivity contribution in [3.63, 3.8) is 0 Å². The Morgan fingerprint density at radius 2 is 1.96 bits per heavy atom. The number of unbranched alkanes of at least 4 members (excludes halogenated alkanes) is 2. The molecule has 0 aliphatic heterocycles. The Labute approximate surface area is 149 Å². The molecule has 0 amide bonds. The summed E-state index contributed by atoms with van der Waals surface area (Å²) >= 11 is 6.18. The first-order valence-electron chi connectivity index (χ1n) is 8.51. The fourth-order valence-electron chi connectivity index (χ4n) is 2.79. The van der Waals surface area contributed by atoms with E-state index >= 15 is 0 Å². The highest BCUT2D eigenvalue weighted by Crippen LogP contribution is 2.27. The fourth-order valence-corrected chi connectivity index (χ4v) is 3.02. The number of carbonyl (C=O) groups is 1. The second-order valence-electron chi connectivity index (χ2n) is 7.20. The van der Waals surface area contributed by atoms with Gasteiger partial charge in [0.25, 0.3) is 0 Å². The third kappa shape index (κ3) is 5.17. The summed E-state index contributed by atoms with van der Waals surface area (Å²) in [7, 11) is 0. The summed E-state index contributed by atoms with van der Waals surface area (Å²) in [5, 5.41) is 5.01. The molecular weight excluding hydrogens is 322 g/mol. The molecule has 130 valence electrons. The minimum absolute atomic E-state index is 0.208. The molecule has 0 N–H and O–H groups in total. The topological polar surface area (TPSA) is 47.8 Å². The highest BCUT2D eigenvalue weighted by molar-refractivity contribution is 6.31. The van der Waals surface area contributed by atoms with Crippen LogP contribution in [-0.2, 0) is 11.2 Å². The maximum Gasteiger partial charge on any atom is 0.162 e. The van der Waals surface area contributed by atoms with E-state index in [1.165, 1.54) is 11.9 Å². The van der Waals surface area contributed by atoms with Gasteiger partial charge in [0.2, 0.25) is 0 Å². The molecule has 0 aliphatic rings. The van der Waals surface area contributed by atoms with Gasteiger partial charge in [-0.1, -0.05) is 63.4 Å². The number of halogens is 1. The number of carbonyl (C=O) groups excluding carboxylic acids is 1. The lowest BCUT2D eigenvalue weighted by Crippen LogP contribution is -2.31. The van der Waals surface area contributed by atoms with Crippen LogP contribution in [0.4, 0.5) is 0 Å². The van der Waals surface area contributed by atoms with E-state index in [0.29, 0.717) is 0 Å². The average molecular weight is 348 g/mol. The zero-order valence-electron chi connectivity index (χ0n) is 14.7. The van der Waals surface area contributed by atoms with Gasteiger partial charge >= 0.3 is 0 Å². The second-order valence-corrected chi connectivity index (χ2v) is 7.60. The molecule has 1 aromatic carbocycles. The summed E-state index contributed by atoms with van der Waals surface area (Å²) in [5.41, 5.74) is 0.812. The molecule has 1 atom stereocenters. The second kappa shape index (κ2) is 8.43. The molecule has 1 heterocycles. The van der Waals surface area contributed by atoms with E-state index in [1.807, 2.05) is 39.0 Å². The molecular formula is C19H26ClN3O. The number of benzene rings is 1. The zero-order valence-corrected chi connectivity index (χ0v) is 15.5. The average Bonchev–Trinajstić information content (AvgIpc) is 3.05. The molecule has 0 saturated heterocycles. The minimum atomic E-state index is -0.381. The first-order chi connectivity index (χ1) is 11.4. The summed E-state index contributed by atoms with van der Waals surface area (Å²) in [5.74, 6) is 0.208. The van der Waals surface area contributed by atoms with Gasteiger partial charge in [0.15, 0.2) is 5.78 Å². The summed E-state index contributed by atoms with van der Waals surface area (Å²) < 4.78 is 1.70. The summed E-state index contributed by atoms with van der Waals surface area (Å²) in [6.07, 6.45) is 8.00. The van der Waals surface area contributed by atoms with E-state index in [4.69, 9.17) is 11.6 Å². The van der Waals surface area contributed by atoms with Crippen LogP contribution in [0.15, 0.2) is 36.9 Å². The molecule has 1 unspecified atom stereocenters. The highest BCUT2D eigenvalue weighted by atomic mass is 35.5. The van der Waals surface area contributed by atoms with E-state index in [9.17, 15) is 4.79 Å². The normalized spacial score (nSPS) is 13.0. The van der Waals surface area contributed by atoms with Crippen LogP contribution >= 0.6 is 11.6 Å². The number of ketones is 1. The van der Waals surface area contributed by atoms with Crippen LogP contribution in [0.3, 0.4) is 0 Å². The van der Waals surface area contributed by atoms with E-state index in [-0.39, 0.29) is 17.2 Å². The molecule has 0 fully saturated rings. The van der Waals surface area contributed by atoms with E-state index in [2.05, 4.69) is 16.1 Å². The van der Waals surface area contributed by atoms with Gasteiger partial charge in [0.05, 0.1) is 0 Å². The molecule has 2 aromatic rings. The molecule has 2 rings (SSSR count). The van der Waals surface area contributed by atoms with Gasteiger partial charge in [-0.05, 0) is 30.9 Å². The van der Waals surface area contributed by atoms with Gasteiger partial charge in [0, 0.05) is 10.4 Å². The molecule has 1 aromatic heterocycles. The van der Waals surface area contributed by atoms with Crippen molar-refractivity contribution in [2.45, 2.75) is 58.9 Å². The lowest BCUT2D eigenvalue weighted by molar-refractivity contribution is -0.130. The van der Waals surface area contributed by atoms with Gasteiger partial charge < -0.3 is 0 Å². The number of aryl methyl sites for hydroxylation is 1. The van der Waals surface area contributed by atoms with Gasteiger partial charge in [-0.3, -0.25) is 4.79 Å². The Bertz CT molecular complexity index is 647. The van der Waals surface area contributed by atoms with Crippen LogP contribution in [0.1, 0.15) is 58.1 Å². The molecule has 0 saturated carbocycles. The van der Waals surface area contributed by atoms with E-state index in [1.54, 1.807) is 11.0 Å². The van der Waals surface area contributed by atoms with Crippen LogP contribution in [0.2, 0.25) is 5.02 Å². The Hall–Kier alpha value is -1.68. The number of hydrogen-bond acceptors (Lipinski definition) is 3. The molecule has 5 heteroatoms. The smallest absolute Gasteiger partial charge is 0.162 e. The van der Waals surface area contributed by atoms with Crippen molar-refractivity contribution in [3.8, 4) is 0 Å². The molecule has 4 nitrogen and oxygen atoms in total. The lowest BCUT2D eigenvalue weighted by atomic mass is 9.84. The summed E-state index contributed by atoms with van der Waals surface area (Å²) in [6, 6.07) is 7.74. The van der Waals surface area contributed by atoms with Crippen LogP contribution in [0.5, 0.6) is 0 Å². The first kappa shape index (κ1) is 18.7. The van der Waals surface area contributed by atoms with Crippen LogP contribution in [0, 0.1) is 5.41 Å². The van der Waals surface area contributed by atoms with Crippen LogP contribution in [0.25, 0.3) is 0 Å². The van der Waals surface area contributed by atoms with Gasteiger partial charge in [-0.2, -0.15) is 5.10 Å². The van der Waals surface area contributed by atoms with Crippen LogP contribution < -0.4 is 0 Å². The van der Waals surface area contributed by atoms with Crippen LogP contribution in [-0.4, -0.2) is 20.5 Å². The number of nitrogens with zero attached hydrogens (tertiary/aromatic N) is 3. The Kier molecular flexibility index (Phi) is 6.55. The molecule has 0 radical (unpaired) electrons. The number of aromatic nitrogens is 3. The van der Waals surface area contributed by atoms with Crippen molar-refractivity contribution in [2.24, 2.45) is 5.41 Å². The predicted molar refractivity (Wildman–Crippen MR) is 97.1 cm³/mol. The van der Waals surface area contributed by atoms with Crippen molar-refractivity contribution < 1.29 is 4.79 Å². The zero-order chi connectivity index (χ0) is 17.6. The molecule has 0 aliphatic carbocycles. The van der Waals surface area contributed by atoms with Gasteiger partial charge in [0.1, 0.15) is 18.7 Å². The highest BCUT2D eigenvalue weighted by Gasteiger charge is 2.30. The number of Topliss-reactive ketones (excluding diaryl/α,β-unsaturated/α-hetero) is 1. The molecule has 0 bridgehead atoms. The standard InChI is InChI=1S/C19H26ClN3O/c1-19(2,3)18(24)17(23-14-21-13-22-23)12-6-4-5-9-15-10-7-8-11-16(15)20/h7-8,10-11,13-14,17H,4-6,9,12H2,1-3H3. The number of rotatable bonds is 8. The van der Waals surface area contributed by atoms with Gasteiger partial charge in [-0.25, -0.2) is 9.67 Å². The fraction of sp³-hybridized carbons (Fsp3) is 0.526. The lowest BCUT2D eigenvalue weighted by Gasteiger charge is -2.24. The first-order valence-corrected chi connectivity index (χ1v) is 8.89. The summed E-state index contributed by atoms with van der Waals surface area (Å²) in [6.45, 7) is 5.87. The molecule has 0 spiro atoms. The van der Waals surface area contributed by atoms with Crippen molar-refractivity contribution in [3.05, 3.63) is 47.5 Å². The van der Waals surface area contributed by atoms with Crippen molar-refractivity contribution in [2.75, 3.05) is 0 Å². The molecule has 24 heavy (non-hydrogen) atoms. The largest absolute Gasteiger partial charge is 0.297 e. The third-order valence-corrected chi connectivity index (χ3v) is 4.55. The Morgan fingerprint density at radius 3 is 2.58 bits per heavy atom. The van der Waals surface area contributed by atoms with Gasteiger partial charge in [-0.15, -0.1) is 0 Å². The monoisotopic (exact) mass is 347 g/mol. The maximum absolute atomic E-state index is 12.7. The van der Waals surface area contributed by atoms with E-state index in [0.717, 1.165) is 37.1 Å². The SMILES string of the molecule is CC(C)(C)C(=O)C(CCCCCc1ccccc1Cl)n1cncn1. The quantitative estimate of drug-likeness (QED) is 0.638. The minimum Gasteiger partial charge on any atom is -0.297 e. The van der Waals surface area contributed by atoms with E-state index < -0.39 is 0 Å². The van der Waals surface area contributed by atoms with Crippen molar-refractivity contribution in [1.82, 2.24) is 14.8 Å². The Balaban J connectivity index is 1.85. The number of hydrogen-bond donors (Lipinski definition) is 0. The predicted octanol–water partition coefficient (Wildman–Crippen LogP) is 4.89.